The molecule has 3 N–H and O–H groups in total. The molecule has 0 aromatic heterocycles. The number of hydrogen-bond donors (Lipinski definition) is 3. The highest BCUT2D eigenvalue weighted by Crippen LogP contribution is 2.45. The van der Waals surface area contributed by atoms with Crippen molar-refractivity contribution in [2.24, 2.45) is 23.7 Å². The minimum atomic E-state index is -4.96. The van der Waals surface area contributed by atoms with Gasteiger partial charge in [-0.1, -0.05) is 338 Å². The SMILES string of the molecule is CCC(C)CCCCCCCCCCCCCCCCC(=O)O[C@H](COC(=O)CCCCCCCCCC(C)C)COP(=O)(O)OC[C@@H](O)COP(=O)(O)OC[C@@H](COC(=O)CCCCCCCCC(C)CC)OC(=O)CCCCCCCCCCCCCCCCCC(C)C. The summed E-state index contributed by atoms with van der Waals surface area (Å²) < 4.78 is 68.5. The summed E-state index contributed by atoms with van der Waals surface area (Å²) in [5, 5.41) is 10.6. The lowest BCUT2D eigenvalue weighted by atomic mass is 9.99. The van der Waals surface area contributed by atoms with Gasteiger partial charge in [-0.15, -0.1) is 0 Å². The summed E-state index contributed by atoms with van der Waals surface area (Å²) in [6.45, 7) is 14.2. The van der Waals surface area contributed by atoms with Gasteiger partial charge >= 0.3 is 39.5 Å². The van der Waals surface area contributed by atoms with Crippen molar-refractivity contribution < 1.29 is 80.2 Å². The molecule has 0 fully saturated rings. The molecule has 0 saturated carbocycles. The topological polar surface area (TPSA) is 237 Å². The number of phosphoric ester groups is 2. The van der Waals surface area contributed by atoms with Crippen molar-refractivity contribution >= 4 is 39.5 Å². The van der Waals surface area contributed by atoms with E-state index in [0.717, 1.165) is 120 Å². The molecule has 96 heavy (non-hydrogen) atoms. The Morgan fingerprint density at radius 3 is 0.740 bits per heavy atom. The number of rotatable bonds is 74. The van der Waals surface area contributed by atoms with Crippen LogP contribution < -0.4 is 0 Å². The molecule has 0 aliphatic carbocycles. The van der Waals surface area contributed by atoms with Gasteiger partial charge in [-0.2, -0.15) is 0 Å². The van der Waals surface area contributed by atoms with Crippen molar-refractivity contribution in [3.05, 3.63) is 0 Å². The zero-order chi connectivity index (χ0) is 71.0. The second kappa shape index (κ2) is 66.3. The highest BCUT2D eigenvalue weighted by Gasteiger charge is 2.30. The fourth-order valence-electron chi connectivity index (χ4n) is 11.7. The van der Waals surface area contributed by atoms with Crippen molar-refractivity contribution in [2.75, 3.05) is 39.6 Å². The summed E-state index contributed by atoms with van der Waals surface area (Å²) >= 11 is 0. The fraction of sp³-hybridized carbons (Fsp3) is 0.948. The predicted octanol–water partition coefficient (Wildman–Crippen LogP) is 22.4. The van der Waals surface area contributed by atoms with E-state index >= 15 is 0 Å². The van der Waals surface area contributed by atoms with Crippen LogP contribution in [0.2, 0.25) is 0 Å². The molecular formula is C77H150O17P2. The number of hydrogen-bond acceptors (Lipinski definition) is 15. The lowest BCUT2D eigenvalue weighted by molar-refractivity contribution is -0.161. The lowest BCUT2D eigenvalue weighted by Crippen LogP contribution is -2.30. The van der Waals surface area contributed by atoms with Crippen LogP contribution in [0, 0.1) is 23.7 Å². The van der Waals surface area contributed by atoms with Crippen LogP contribution in [0.3, 0.4) is 0 Å². The van der Waals surface area contributed by atoms with Gasteiger partial charge in [0.15, 0.2) is 12.2 Å². The van der Waals surface area contributed by atoms with Crippen LogP contribution in [0.1, 0.15) is 389 Å². The molecule has 0 aromatic rings. The maximum atomic E-state index is 13.1. The lowest BCUT2D eigenvalue weighted by Gasteiger charge is -2.21. The van der Waals surface area contributed by atoms with Crippen LogP contribution in [-0.2, 0) is 65.4 Å². The third-order valence-corrected chi connectivity index (χ3v) is 20.4. The molecule has 19 heteroatoms. The Labute approximate surface area is 588 Å². The van der Waals surface area contributed by atoms with E-state index in [4.69, 9.17) is 37.0 Å². The highest BCUT2D eigenvalue weighted by molar-refractivity contribution is 7.47. The Morgan fingerprint density at radius 1 is 0.292 bits per heavy atom. The van der Waals surface area contributed by atoms with E-state index in [1.807, 2.05) is 0 Å². The maximum Gasteiger partial charge on any atom is 0.472 e. The van der Waals surface area contributed by atoms with Crippen LogP contribution in [0.5, 0.6) is 0 Å². The van der Waals surface area contributed by atoms with Gasteiger partial charge in [0.2, 0.25) is 0 Å². The monoisotopic (exact) mass is 1410 g/mol. The molecule has 0 aliphatic heterocycles. The van der Waals surface area contributed by atoms with Gasteiger partial charge in [0.05, 0.1) is 26.4 Å². The second-order valence-corrected chi connectivity index (χ2v) is 32.1. The predicted molar refractivity (Wildman–Crippen MR) is 391 cm³/mol. The molecule has 4 unspecified atom stereocenters. The highest BCUT2D eigenvalue weighted by atomic mass is 31.2. The number of ether oxygens (including phenoxy) is 4. The molecule has 0 spiro atoms. The third-order valence-electron chi connectivity index (χ3n) is 18.5. The Morgan fingerprint density at radius 2 is 0.500 bits per heavy atom. The second-order valence-electron chi connectivity index (χ2n) is 29.2. The van der Waals surface area contributed by atoms with Crippen LogP contribution in [0.15, 0.2) is 0 Å². The summed E-state index contributed by atoms with van der Waals surface area (Å²) in [7, 11) is -9.91. The Bertz CT molecular complexity index is 1890. The van der Waals surface area contributed by atoms with Gasteiger partial charge in [-0.05, 0) is 49.4 Å². The van der Waals surface area contributed by atoms with Crippen molar-refractivity contribution in [3.63, 3.8) is 0 Å². The zero-order valence-corrected chi connectivity index (χ0v) is 64.8. The summed E-state index contributed by atoms with van der Waals surface area (Å²) in [6, 6.07) is 0. The van der Waals surface area contributed by atoms with Gasteiger partial charge in [0.1, 0.15) is 19.3 Å². The first-order valence-corrected chi connectivity index (χ1v) is 42.8. The fourth-order valence-corrected chi connectivity index (χ4v) is 13.2. The normalized spacial score (nSPS) is 14.7. The Kier molecular flexibility index (Phi) is 65.0. The standard InChI is InChI=1S/C77H150O17P2/c1-9-69(7)55-47-39-31-25-21-17-14-15-19-23-27-33-44-52-59-76(81)93-72(63-87-74(79)57-49-41-34-28-30-38-46-54-68(5)6)65-91-95(83,84)89-61-71(78)62-90-96(85,86)92-66-73(64-88-75(80)58-50-42-36-35-40-48-56-70(8)10-2)94-77(82)60-51-43-32-26-22-18-13-11-12-16-20-24-29-37-45-53-67(3)4/h67-73,78H,9-66H2,1-8H3,(H,83,84)(H,85,86)/t69?,70?,71-,72-,73-/m1/s1. The largest absolute Gasteiger partial charge is 0.472 e. The van der Waals surface area contributed by atoms with E-state index in [-0.39, 0.29) is 25.7 Å². The Hall–Kier alpha value is -1.94. The molecule has 0 aromatic carbocycles. The van der Waals surface area contributed by atoms with Crippen LogP contribution in [0.25, 0.3) is 0 Å². The minimum absolute atomic E-state index is 0.106. The van der Waals surface area contributed by atoms with E-state index in [9.17, 15) is 43.2 Å². The minimum Gasteiger partial charge on any atom is -0.462 e. The Balaban J connectivity index is 5.21. The molecule has 0 rings (SSSR count). The van der Waals surface area contributed by atoms with Crippen molar-refractivity contribution in [3.8, 4) is 0 Å². The molecule has 17 nitrogen and oxygen atoms in total. The number of aliphatic hydroxyl groups excluding tert-OH is 1. The molecule has 570 valence electrons. The van der Waals surface area contributed by atoms with Crippen molar-refractivity contribution in [2.45, 2.75) is 408 Å². The number of phosphoric acid groups is 2. The summed E-state index contributed by atoms with van der Waals surface area (Å²) in [5.41, 5.74) is 0. The first-order valence-electron chi connectivity index (χ1n) is 39.8. The average molecular weight is 1410 g/mol. The van der Waals surface area contributed by atoms with Crippen LogP contribution >= 0.6 is 15.6 Å². The number of unbranched alkanes of at least 4 members (excludes halogenated alkanes) is 38. The zero-order valence-electron chi connectivity index (χ0n) is 63.0. The molecular weight excluding hydrogens is 1260 g/mol. The van der Waals surface area contributed by atoms with Gasteiger partial charge in [0, 0.05) is 25.7 Å². The molecule has 0 aliphatic rings. The van der Waals surface area contributed by atoms with E-state index in [1.165, 1.54) is 180 Å². The molecule has 0 amide bonds. The van der Waals surface area contributed by atoms with Gasteiger partial charge in [-0.25, -0.2) is 9.13 Å². The molecule has 0 saturated heterocycles. The number of aliphatic hydroxyl groups is 1. The number of carbonyl (C=O) groups excluding carboxylic acids is 4. The van der Waals surface area contributed by atoms with E-state index in [0.29, 0.717) is 31.6 Å². The molecule has 0 heterocycles. The average Bonchev–Trinajstić information content (AvgIpc) is 1.19. The van der Waals surface area contributed by atoms with Gasteiger partial charge < -0.3 is 33.8 Å². The van der Waals surface area contributed by atoms with E-state index in [1.54, 1.807) is 0 Å². The molecule has 0 bridgehead atoms. The summed E-state index contributed by atoms with van der Waals surface area (Å²) in [4.78, 5) is 72.8. The number of carbonyl (C=O) groups is 4. The maximum absolute atomic E-state index is 13.1. The van der Waals surface area contributed by atoms with Crippen molar-refractivity contribution in [1.29, 1.82) is 0 Å². The smallest absolute Gasteiger partial charge is 0.462 e. The van der Waals surface area contributed by atoms with Gasteiger partial charge in [-0.3, -0.25) is 37.3 Å². The van der Waals surface area contributed by atoms with Gasteiger partial charge in [0.25, 0.3) is 0 Å². The van der Waals surface area contributed by atoms with Crippen LogP contribution in [-0.4, -0.2) is 96.7 Å². The molecule has 7 atom stereocenters. The number of esters is 4. The van der Waals surface area contributed by atoms with E-state index < -0.39 is 97.5 Å². The van der Waals surface area contributed by atoms with E-state index in [2.05, 4.69) is 55.4 Å². The quantitative estimate of drug-likeness (QED) is 0.0222. The van der Waals surface area contributed by atoms with Crippen LogP contribution in [0.4, 0.5) is 0 Å². The summed E-state index contributed by atoms with van der Waals surface area (Å²) in [6.07, 6.45) is 51.4. The molecule has 0 radical (unpaired) electrons. The summed E-state index contributed by atoms with van der Waals surface area (Å²) in [5.74, 6) is 0.963. The third kappa shape index (κ3) is 67.9. The first kappa shape index (κ1) is 94.1. The first-order chi connectivity index (χ1) is 46.2. The van der Waals surface area contributed by atoms with Crippen molar-refractivity contribution in [1.82, 2.24) is 0 Å².